The molecular formula is C13H17N5OS. The first-order valence-electron chi connectivity index (χ1n) is 6.49. The molecule has 0 saturated heterocycles. The molecule has 0 radical (unpaired) electrons. The molecule has 0 bridgehead atoms. The van der Waals surface area contributed by atoms with Gasteiger partial charge in [-0.1, -0.05) is 11.8 Å². The van der Waals surface area contributed by atoms with Gasteiger partial charge < -0.3 is 14.7 Å². The monoisotopic (exact) mass is 291 g/mol. The lowest BCUT2D eigenvalue weighted by atomic mass is 10.3. The molecule has 3 N–H and O–H groups in total. The average Bonchev–Trinajstić information content (AvgIpc) is 3.20. The summed E-state index contributed by atoms with van der Waals surface area (Å²) < 4.78 is 5.45. The molecule has 3 rings (SSSR count). The molecule has 6 nitrogen and oxygen atoms in total. The van der Waals surface area contributed by atoms with Crippen molar-refractivity contribution in [2.75, 3.05) is 16.6 Å². The van der Waals surface area contributed by atoms with E-state index in [0.717, 1.165) is 11.6 Å². The molecule has 7 heteroatoms. The lowest BCUT2D eigenvalue weighted by molar-refractivity contribution is 0.500. The number of nitrogen functional groups attached to an aromatic ring is 1. The topological polar surface area (TPSA) is 80.2 Å². The Kier molecular flexibility index (Phi) is 3.79. The second-order valence-corrected chi connectivity index (χ2v) is 5.45. The van der Waals surface area contributed by atoms with E-state index in [9.17, 15) is 0 Å². The number of nitrogens with zero attached hydrogens (tertiary/aromatic N) is 3. The second kappa shape index (κ2) is 5.72. The Labute approximate surface area is 121 Å². The van der Waals surface area contributed by atoms with Crippen LogP contribution in [-0.2, 0) is 6.54 Å². The van der Waals surface area contributed by atoms with Crippen molar-refractivity contribution in [3.8, 4) is 0 Å². The van der Waals surface area contributed by atoms with Crippen molar-refractivity contribution in [2.45, 2.75) is 30.6 Å². The van der Waals surface area contributed by atoms with E-state index >= 15 is 0 Å². The highest BCUT2D eigenvalue weighted by Gasteiger charge is 2.31. The molecule has 0 unspecified atom stereocenters. The fourth-order valence-electron chi connectivity index (χ4n) is 2.08. The van der Waals surface area contributed by atoms with E-state index in [2.05, 4.69) is 20.3 Å². The van der Waals surface area contributed by atoms with Crippen LogP contribution < -0.4 is 16.2 Å². The SMILES string of the molecule is CSc1nc(NN)cc(N(Cc2ccco2)C2CC2)n1. The minimum absolute atomic E-state index is 0.523. The number of nitrogens with one attached hydrogen (secondary N) is 1. The fourth-order valence-corrected chi connectivity index (χ4v) is 2.45. The first-order valence-corrected chi connectivity index (χ1v) is 7.71. The lowest BCUT2D eigenvalue weighted by Crippen LogP contribution is -2.26. The van der Waals surface area contributed by atoms with Gasteiger partial charge >= 0.3 is 0 Å². The second-order valence-electron chi connectivity index (χ2n) is 4.68. The largest absolute Gasteiger partial charge is 0.467 e. The van der Waals surface area contributed by atoms with E-state index in [-0.39, 0.29) is 0 Å². The van der Waals surface area contributed by atoms with Gasteiger partial charge in [0.25, 0.3) is 0 Å². The number of rotatable bonds is 6. The van der Waals surface area contributed by atoms with Crippen LogP contribution in [0.3, 0.4) is 0 Å². The van der Waals surface area contributed by atoms with Gasteiger partial charge in [-0.05, 0) is 31.2 Å². The Morgan fingerprint density at radius 3 is 2.95 bits per heavy atom. The van der Waals surface area contributed by atoms with Crippen LogP contribution in [0, 0.1) is 0 Å². The smallest absolute Gasteiger partial charge is 0.191 e. The van der Waals surface area contributed by atoms with Gasteiger partial charge in [0.1, 0.15) is 17.4 Å². The van der Waals surface area contributed by atoms with Gasteiger partial charge in [-0.25, -0.2) is 15.8 Å². The lowest BCUT2D eigenvalue weighted by Gasteiger charge is -2.23. The Morgan fingerprint density at radius 2 is 2.35 bits per heavy atom. The number of nitrogens with two attached hydrogens (primary N) is 1. The Balaban J connectivity index is 1.90. The van der Waals surface area contributed by atoms with Crippen molar-refractivity contribution in [1.82, 2.24) is 9.97 Å². The number of anilines is 2. The summed E-state index contributed by atoms with van der Waals surface area (Å²) in [6, 6.07) is 6.28. The molecule has 0 aliphatic heterocycles. The number of hydrazine groups is 1. The normalized spacial score (nSPS) is 14.3. The summed E-state index contributed by atoms with van der Waals surface area (Å²) in [5.74, 6) is 7.93. The third kappa shape index (κ3) is 2.88. The molecule has 2 heterocycles. The van der Waals surface area contributed by atoms with E-state index in [0.29, 0.717) is 23.6 Å². The van der Waals surface area contributed by atoms with Crippen molar-refractivity contribution in [2.24, 2.45) is 5.84 Å². The third-order valence-corrected chi connectivity index (χ3v) is 3.76. The van der Waals surface area contributed by atoms with Gasteiger partial charge in [0.05, 0.1) is 12.8 Å². The van der Waals surface area contributed by atoms with Gasteiger partial charge in [0, 0.05) is 12.1 Å². The van der Waals surface area contributed by atoms with Crippen molar-refractivity contribution in [3.05, 3.63) is 30.2 Å². The Morgan fingerprint density at radius 1 is 1.50 bits per heavy atom. The standard InChI is InChI=1S/C13H17N5OS/c1-20-13-15-11(17-14)7-12(16-13)18(9-4-5-9)8-10-3-2-6-19-10/h2-3,6-7,9H,4-5,8,14H2,1H3,(H,15,16,17). The maximum absolute atomic E-state index is 5.48. The zero-order chi connectivity index (χ0) is 13.9. The van der Waals surface area contributed by atoms with E-state index < -0.39 is 0 Å². The summed E-state index contributed by atoms with van der Waals surface area (Å²) in [6.07, 6.45) is 6.02. The number of hydrogen-bond acceptors (Lipinski definition) is 7. The number of hydrogen-bond donors (Lipinski definition) is 2. The molecule has 106 valence electrons. The van der Waals surface area contributed by atoms with Crippen molar-refractivity contribution in [3.63, 3.8) is 0 Å². The van der Waals surface area contributed by atoms with E-state index in [1.165, 1.54) is 24.6 Å². The number of aromatic nitrogens is 2. The van der Waals surface area contributed by atoms with Crippen LogP contribution in [0.15, 0.2) is 34.0 Å². The Bertz CT molecular complexity index is 548. The molecule has 1 saturated carbocycles. The summed E-state index contributed by atoms with van der Waals surface area (Å²) in [7, 11) is 0. The first kappa shape index (κ1) is 13.3. The van der Waals surface area contributed by atoms with Gasteiger partial charge in [0.15, 0.2) is 5.16 Å². The van der Waals surface area contributed by atoms with Crippen molar-refractivity contribution >= 4 is 23.4 Å². The average molecular weight is 291 g/mol. The fraction of sp³-hybridized carbons (Fsp3) is 0.385. The van der Waals surface area contributed by atoms with Crippen molar-refractivity contribution in [1.29, 1.82) is 0 Å². The molecule has 20 heavy (non-hydrogen) atoms. The van der Waals surface area contributed by atoms with Crippen LogP contribution in [0.1, 0.15) is 18.6 Å². The number of thioether (sulfide) groups is 1. The van der Waals surface area contributed by atoms with Crippen LogP contribution >= 0.6 is 11.8 Å². The maximum Gasteiger partial charge on any atom is 0.191 e. The third-order valence-electron chi connectivity index (χ3n) is 3.21. The predicted molar refractivity (Wildman–Crippen MR) is 79.5 cm³/mol. The zero-order valence-electron chi connectivity index (χ0n) is 11.2. The van der Waals surface area contributed by atoms with Crippen LogP contribution in [0.25, 0.3) is 0 Å². The highest BCUT2D eigenvalue weighted by molar-refractivity contribution is 7.98. The summed E-state index contributed by atoms with van der Waals surface area (Å²) in [5, 5.41) is 0.709. The molecule has 0 atom stereocenters. The quantitative estimate of drug-likeness (QED) is 0.365. The summed E-state index contributed by atoms with van der Waals surface area (Å²) in [6.45, 7) is 0.715. The molecular weight excluding hydrogens is 274 g/mol. The van der Waals surface area contributed by atoms with Crippen LogP contribution in [-0.4, -0.2) is 22.3 Å². The highest BCUT2D eigenvalue weighted by atomic mass is 32.2. The molecule has 1 aliphatic rings. The zero-order valence-corrected chi connectivity index (χ0v) is 12.1. The van der Waals surface area contributed by atoms with Crippen LogP contribution in [0.5, 0.6) is 0 Å². The minimum Gasteiger partial charge on any atom is -0.467 e. The molecule has 1 fully saturated rings. The molecule has 1 aliphatic carbocycles. The van der Waals surface area contributed by atoms with Gasteiger partial charge in [0.2, 0.25) is 0 Å². The summed E-state index contributed by atoms with van der Waals surface area (Å²) >= 11 is 1.50. The van der Waals surface area contributed by atoms with Crippen LogP contribution in [0.4, 0.5) is 11.6 Å². The molecule has 2 aromatic heterocycles. The summed E-state index contributed by atoms with van der Waals surface area (Å²) in [4.78, 5) is 11.1. The Hall–Kier alpha value is -1.73. The molecule has 0 spiro atoms. The van der Waals surface area contributed by atoms with Crippen molar-refractivity contribution < 1.29 is 4.42 Å². The molecule has 0 aromatic carbocycles. The number of furan rings is 1. The van der Waals surface area contributed by atoms with E-state index in [1.807, 2.05) is 24.5 Å². The van der Waals surface area contributed by atoms with Gasteiger partial charge in [-0.15, -0.1) is 0 Å². The van der Waals surface area contributed by atoms with E-state index in [1.54, 1.807) is 6.26 Å². The first-order chi connectivity index (χ1) is 9.80. The summed E-state index contributed by atoms with van der Waals surface area (Å²) in [5.41, 5.74) is 2.60. The van der Waals surface area contributed by atoms with Gasteiger partial charge in [-0.3, -0.25) is 0 Å². The molecule has 0 amide bonds. The van der Waals surface area contributed by atoms with Gasteiger partial charge in [-0.2, -0.15) is 0 Å². The van der Waals surface area contributed by atoms with E-state index in [4.69, 9.17) is 10.3 Å². The van der Waals surface area contributed by atoms with Crippen LogP contribution in [0.2, 0.25) is 0 Å². The molecule has 2 aromatic rings. The minimum atomic E-state index is 0.523. The maximum atomic E-state index is 5.48. The highest BCUT2D eigenvalue weighted by Crippen LogP contribution is 2.33. The predicted octanol–water partition coefficient (Wildman–Crippen LogP) is 2.25.